The molecule has 0 unspecified atom stereocenters. The van der Waals surface area contributed by atoms with Crippen molar-refractivity contribution in [2.45, 2.75) is 12.5 Å². The summed E-state index contributed by atoms with van der Waals surface area (Å²) in [5.74, 6) is -0.468. The molecular formula is C16H10F6O. The van der Waals surface area contributed by atoms with Gasteiger partial charge in [0.1, 0.15) is 5.75 Å². The molecule has 7 heteroatoms. The molecular weight excluding hydrogens is 322 g/mol. The van der Waals surface area contributed by atoms with E-state index in [1.54, 1.807) is 0 Å². The van der Waals surface area contributed by atoms with Gasteiger partial charge in [0, 0.05) is 5.56 Å². The lowest BCUT2D eigenvalue weighted by Gasteiger charge is -2.13. The van der Waals surface area contributed by atoms with Crippen LogP contribution in [0.4, 0.5) is 26.3 Å². The Bertz CT molecular complexity index is 698. The average molecular weight is 332 g/mol. The molecule has 122 valence electrons. The van der Waals surface area contributed by atoms with Gasteiger partial charge in [-0.05, 0) is 29.3 Å². The minimum absolute atomic E-state index is 0.123. The molecule has 0 amide bonds. The number of halogens is 6. The van der Waals surface area contributed by atoms with E-state index in [0.717, 1.165) is 18.2 Å². The summed E-state index contributed by atoms with van der Waals surface area (Å²) in [5.41, 5.74) is -0.0853. The van der Waals surface area contributed by atoms with Crippen molar-refractivity contribution in [3.63, 3.8) is 0 Å². The fraction of sp³-hybridized carbons (Fsp3) is 0.125. The van der Waals surface area contributed by atoms with E-state index in [2.05, 4.69) is 11.3 Å². The Morgan fingerprint density at radius 2 is 1.39 bits per heavy atom. The second-order valence-electron chi connectivity index (χ2n) is 4.58. The standard InChI is InChI=1S/C16H10F6O/c1-2-10-3-4-12(9-14(10)23-16(20,21)22)11-5-7-13(8-6-11)15(17,18)19/h2-9H,1H2. The SMILES string of the molecule is C=Cc1ccc(-c2ccc(C(F)(F)F)cc2)cc1OC(F)(F)F. The van der Waals surface area contributed by atoms with Crippen molar-refractivity contribution in [2.75, 3.05) is 0 Å². The molecule has 0 aliphatic rings. The molecule has 23 heavy (non-hydrogen) atoms. The highest BCUT2D eigenvalue weighted by Crippen LogP contribution is 2.34. The topological polar surface area (TPSA) is 9.23 Å². The average Bonchev–Trinajstić information content (AvgIpc) is 2.45. The molecule has 0 radical (unpaired) electrons. The van der Waals surface area contributed by atoms with Crippen molar-refractivity contribution in [1.29, 1.82) is 0 Å². The number of ether oxygens (including phenoxy) is 1. The monoisotopic (exact) mass is 332 g/mol. The van der Waals surface area contributed by atoms with Gasteiger partial charge in [-0.1, -0.05) is 36.9 Å². The van der Waals surface area contributed by atoms with Crippen molar-refractivity contribution in [3.8, 4) is 16.9 Å². The quantitative estimate of drug-likeness (QED) is 0.635. The summed E-state index contributed by atoms with van der Waals surface area (Å²) in [6.07, 6.45) is -8.16. The van der Waals surface area contributed by atoms with Gasteiger partial charge in [0.05, 0.1) is 5.56 Å². The van der Waals surface area contributed by atoms with Crippen molar-refractivity contribution in [3.05, 3.63) is 60.2 Å². The van der Waals surface area contributed by atoms with Crippen LogP contribution in [0, 0.1) is 0 Å². The van der Waals surface area contributed by atoms with Gasteiger partial charge in [0.2, 0.25) is 0 Å². The highest BCUT2D eigenvalue weighted by molar-refractivity contribution is 5.69. The van der Waals surface area contributed by atoms with Gasteiger partial charge in [-0.3, -0.25) is 0 Å². The first kappa shape index (κ1) is 16.9. The summed E-state index contributed by atoms with van der Waals surface area (Å²) in [5, 5.41) is 0. The number of rotatable bonds is 3. The Labute approximate surface area is 127 Å². The molecule has 0 fully saturated rings. The van der Waals surface area contributed by atoms with E-state index >= 15 is 0 Å². The van der Waals surface area contributed by atoms with E-state index in [1.165, 1.54) is 30.3 Å². The number of hydrogen-bond donors (Lipinski definition) is 0. The Hall–Kier alpha value is -2.44. The fourth-order valence-electron chi connectivity index (χ4n) is 1.95. The highest BCUT2D eigenvalue weighted by Gasteiger charge is 2.32. The maximum Gasteiger partial charge on any atom is 0.573 e. The largest absolute Gasteiger partial charge is 0.573 e. The van der Waals surface area contributed by atoms with E-state index in [-0.39, 0.29) is 5.56 Å². The summed E-state index contributed by atoms with van der Waals surface area (Å²) in [6.45, 7) is 3.39. The Kier molecular flexibility index (Phi) is 4.40. The van der Waals surface area contributed by atoms with Crippen LogP contribution in [0.2, 0.25) is 0 Å². The van der Waals surface area contributed by atoms with Crippen LogP contribution in [0.25, 0.3) is 17.2 Å². The van der Waals surface area contributed by atoms with Crippen molar-refractivity contribution < 1.29 is 31.1 Å². The fourth-order valence-corrected chi connectivity index (χ4v) is 1.95. The maximum atomic E-state index is 12.5. The molecule has 0 saturated carbocycles. The van der Waals surface area contributed by atoms with Crippen LogP contribution in [0.5, 0.6) is 5.75 Å². The van der Waals surface area contributed by atoms with Crippen LogP contribution in [-0.4, -0.2) is 6.36 Å². The third kappa shape index (κ3) is 4.28. The van der Waals surface area contributed by atoms with Crippen molar-refractivity contribution in [1.82, 2.24) is 0 Å². The lowest BCUT2D eigenvalue weighted by atomic mass is 10.0. The first-order valence-electron chi connectivity index (χ1n) is 6.30. The van der Waals surface area contributed by atoms with Gasteiger partial charge in [-0.2, -0.15) is 13.2 Å². The zero-order valence-electron chi connectivity index (χ0n) is 11.5. The van der Waals surface area contributed by atoms with Gasteiger partial charge in [-0.15, -0.1) is 13.2 Å². The third-order valence-electron chi connectivity index (χ3n) is 3.00. The van der Waals surface area contributed by atoms with E-state index in [0.29, 0.717) is 11.1 Å². The summed E-state index contributed by atoms with van der Waals surface area (Å²) in [6, 6.07) is 8.02. The summed E-state index contributed by atoms with van der Waals surface area (Å²) in [4.78, 5) is 0. The third-order valence-corrected chi connectivity index (χ3v) is 3.00. The van der Waals surface area contributed by atoms with Gasteiger partial charge in [0.15, 0.2) is 0 Å². The number of benzene rings is 2. The molecule has 2 aromatic rings. The molecule has 0 aliphatic heterocycles. The highest BCUT2D eigenvalue weighted by atomic mass is 19.4. The molecule has 0 saturated heterocycles. The van der Waals surface area contributed by atoms with Gasteiger partial charge < -0.3 is 4.74 Å². The summed E-state index contributed by atoms with van der Waals surface area (Å²) in [7, 11) is 0. The van der Waals surface area contributed by atoms with Crippen LogP contribution in [0.1, 0.15) is 11.1 Å². The van der Waals surface area contributed by atoms with Crippen LogP contribution in [0.3, 0.4) is 0 Å². The first-order chi connectivity index (χ1) is 10.6. The minimum atomic E-state index is -4.88. The molecule has 0 atom stereocenters. The van der Waals surface area contributed by atoms with Gasteiger partial charge >= 0.3 is 12.5 Å². The second kappa shape index (κ2) is 5.98. The predicted molar refractivity (Wildman–Crippen MR) is 73.7 cm³/mol. The van der Waals surface area contributed by atoms with Crippen LogP contribution < -0.4 is 4.74 Å². The molecule has 2 aromatic carbocycles. The molecule has 0 aliphatic carbocycles. The normalized spacial score (nSPS) is 12.1. The maximum absolute atomic E-state index is 12.5. The molecule has 0 spiro atoms. The van der Waals surface area contributed by atoms with Gasteiger partial charge in [0.25, 0.3) is 0 Å². The zero-order chi connectivity index (χ0) is 17.3. The molecule has 0 heterocycles. The van der Waals surface area contributed by atoms with Crippen LogP contribution in [-0.2, 0) is 6.18 Å². The van der Waals surface area contributed by atoms with Crippen LogP contribution >= 0.6 is 0 Å². The zero-order valence-corrected chi connectivity index (χ0v) is 11.5. The van der Waals surface area contributed by atoms with E-state index in [4.69, 9.17) is 0 Å². The summed E-state index contributed by atoms with van der Waals surface area (Å²) < 4.78 is 78.6. The molecule has 1 nitrogen and oxygen atoms in total. The van der Waals surface area contributed by atoms with Crippen LogP contribution in [0.15, 0.2) is 49.0 Å². The first-order valence-corrected chi connectivity index (χ1v) is 6.30. The lowest BCUT2D eigenvalue weighted by Crippen LogP contribution is -2.17. The Morgan fingerprint density at radius 3 is 1.87 bits per heavy atom. The summed E-state index contributed by atoms with van der Waals surface area (Å²) >= 11 is 0. The Morgan fingerprint density at radius 1 is 0.826 bits per heavy atom. The molecule has 0 N–H and O–H groups in total. The minimum Gasteiger partial charge on any atom is -0.405 e. The van der Waals surface area contributed by atoms with E-state index < -0.39 is 23.9 Å². The Balaban J connectivity index is 2.40. The number of hydrogen-bond acceptors (Lipinski definition) is 1. The lowest BCUT2D eigenvalue weighted by molar-refractivity contribution is -0.274. The smallest absolute Gasteiger partial charge is 0.405 e. The van der Waals surface area contributed by atoms with Crippen molar-refractivity contribution >= 4 is 6.08 Å². The van der Waals surface area contributed by atoms with Crippen molar-refractivity contribution in [2.24, 2.45) is 0 Å². The second-order valence-corrected chi connectivity index (χ2v) is 4.58. The predicted octanol–water partition coefficient (Wildman–Crippen LogP) is 5.91. The molecule has 0 bridgehead atoms. The molecule has 2 rings (SSSR count). The number of alkyl halides is 6. The van der Waals surface area contributed by atoms with Gasteiger partial charge in [-0.25, -0.2) is 0 Å². The van der Waals surface area contributed by atoms with E-state index in [1.807, 2.05) is 0 Å². The van der Waals surface area contributed by atoms with E-state index in [9.17, 15) is 26.3 Å². The molecule has 0 aromatic heterocycles.